The number of ketones is 1. The number of carbonyl (C=O) groups excluding carboxylic acids is 2. The fraction of sp³-hybridized carbons (Fsp3) is 0.167. The van der Waals surface area contributed by atoms with Gasteiger partial charge < -0.3 is 10.6 Å². The molecule has 1 amide bonds. The molecule has 0 aromatic heterocycles. The molecule has 0 atom stereocenters. The minimum Gasteiger partial charge on any atom is -0.363 e. The molecule has 2 N–H and O–H groups in total. The molecular weight excluding hydrogens is 322 g/mol. The van der Waals surface area contributed by atoms with Crippen molar-refractivity contribution >= 4 is 34.3 Å². The van der Waals surface area contributed by atoms with Crippen LogP contribution in [0, 0.1) is 0 Å². The van der Waals surface area contributed by atoms with E-state index in [1.165, 1.54) is 11.8 Å². The molecule has 0 saturated carbocycles. The predicted molar refractivity (Wildman–Crippen MR) is 97.7 cm³/mol. The van der Waals surface area contributed by atoms with Gasteiger partial charge in [-0.1, -0.05) is 54.2 Å². The van der Waals surface area contributed by atoms with Gasteiger partial charge in [0.2, 0.25) is 5.91 Å². The summed E-state index contributed by atoms with van der Waals surface area (Å²) in [7, 11) is 0. The van der Waals surface area contributed by atoms with Gasteiger partial charge in [-0.3, -0.25) is 14.6 Å². The number of rotatable bonds is 5. The van der Waals surface area contributed by atoms with Crippen LogP contribution in [-0.4, -0.2) is 35.7 Å². The first-order chi connectivity index (χ1) is 11.7. The smallest absolute Gasteiger partial charge is 0.234 e. The van der Waals surface area contributed by atoms with Crippen LogP contribution in [-0.2, 0) is 4.79 Å². The lowest BCUT2D eigenvalue weighted by atomic mass is 10.0. The van der Waals surface area contributed by atoms with Gasteiger partial charge in [0, 0.05) is 17.7 Å². The van der Waals surface area contributed by atoms with Gasteiger partial charge in [0.25, 0.3) is 0 Å². The molecule has 0 fully saturated rings. The molecule has 0 bridgehead atoms. The summed E-state index contributed by atoms with van der Waals surface area (Å²) in [6.07, 6.45) is 0. The Kier molecular flexibility index (Phi) is 5.28. The van der Waals surface area contributed by atoms with Gasteiger partial charge in [-0.2, -0.15) is 0 Å². The third-order valence-corrected chi connectivity index (χ3v) is 4.42. The van der Waals surface area contributed by atoms with Crippen LogP contribution < -0.4 is 10.6 Å². The number of para-hydroxylation sites is 1. The van der Waals surface area contributed by atoms with Crippen molar-refractivity contribution in [3.63, 3.8) is 0 Å². The monoisotopic (exact) mass is 339 g/mol. The van der Waals surface area contributed by atoms with Gasteiger partial charge in [0.05, 0.1) is 18.0 Å². The lowest BCUT2D eigenvalue weighted by molar-refractivity contribution is -0.113. The molecule has 0 saturated heterocycles. The summed E-state index contributed by atoms with van der Waals surface area (Å²) in [5.74, 6) is -0.0228. The Morgan fingerprint density at radius 3 is 2.58 bits per heavy atom. The second kappa shape index (κ2) is 7.79. The summed E-state index contributed by atoms with van der Waals surface area (Å²) in [4.78, 5) is 29.0. The Bertz CT molecular complexity index is 775. The molecule has 0 aliphatic carbocycles. The van der Waals surface area contributed by atoms with Crippen molar-refractivity contribution in [2.24, 2.45) is 4.99 Å². The van der Waals surface area contributed by atoms with Crippen molar-refractivity contribution in [2.75, 3.05) is 24.2 Å². The maximum absolute atomic E-state index is 12.6. The minimum absolute atomic E-state index is 0.110. The van der Waals surface area contributed by atoms with Gasteiger partial charge in [-0.05, 0) is 12.1 Å². The molecule has 1 aliphatic rings. The number of benzene rings is 2. The van der Waals surface area contributed by atoms with E-state index in [1.54, 1.807) is 36.4 Å². The summed E-state index contributed by atoms with van der Waals surface area (Å²) in [5, 5.41) is 6.72. The fourth-order valence-corrected chi connectivity index (χ4v) is 3.05. The van der Waals surface area contributed by atoms with Crippen molar-refractivity contribution in [3.8, 4) is 0 Å². The molecule has 0 unspecified atom stereocenters. The maximum atomic E-state index is 12.6. The first-order valence-corrected chi connectivity index (χ1v) is 8.62. The summed E-state index contributed by atoms with van der Waals surface area (Å²) in [5.41, 5.74) is 1.61. The van der Waals surface area contributed by atoms with E-state index in [4.69, 9.17) is 0 Å². The fourth-order valence-electron chi connectivity index (χ4n) is 2.33. The maximum Gasteiger partial charge on any atom is 0.234 e. The van der Waals surface area contributed by atoms with Gasteiger partial charge in [-0.15, -0.1) is 0 Å². The molecule has 122 valence electrons. The number of nitrogens with one attached hydrogen (secondary N) is 2. The van der Waals surface area contributed by atoms with E-state index in [-0.39, 0.29) is 17.4 Å². The van der Waals surface area contributed by atoms with E-state index in [2.05, 4.69) is 15.6 Å². The molecule has 0 spiro atoms. The van der Waals surface area contributed by atoms with Gasteiger partial charge in [0.1, 0.15) is 0 Å². The number of thioether (sulfide) groups is 1. The van der Waals surface area contributed by atoms with Gasteiger partial charge in [0.15, 0.2) is 11.0 Å². The topological polar surface area (TPSA) is 70.6 Å². The SMILES string of the molecule is O=C(CSC1=NCCN1)Nc1ccccc1C(=O)c1ccccc1. The number of anilines is 1. The zero-order chi connectivity index (χ0) is 16.8. The van der Waals surface area contributed by atoms with E-state index < -0.39 is 0 Å². The zero-order valence-electron chi connectivity index (χ0n) is 13.0. The molecule has 24 heavy (non-hydrogen) atoms. The molecule has 2 aromatic rings. The predicted octanol–water partition coefficient (Wildman–Crippen LogP) is 2.55. The van der Waals surface area contributed by atoms with E-state index in [1.807, 2.05) is 18.2 Å². The van der Waals surface area contributed by atoms with Crippen LogP contribution in [0.4, 0.5) is 5.69 Å². The average Bonchev–Trinajstić information content (AvgIpc) is 3.14. The molecule has 0 radical (unpaired) electrons. The van der Waals surface area contributed by atoms with Crippen molar-refractivity contribution in [1.82, 2.24) is 5.32 Å². The number of aliphatic imine (C=N–C) groups is 1. The summed E-state index contributed by atoms with van der Waals surface area (Å²) < 4.78 is 0. The lowest BCUT2D eigenvalue weighted by Crippen LogP contribution is -2.21. The molecular formula is C18H17N3O2S. The highest BCUT2D eigenvalue weighted by atomic mass is 32.2. The highest BCUT2D eigenvalue weighted by molar-refractivity contribution is 8.14. The second-order valence-electron chi connectivity index (χ2n) is 5.19. The van der Waals surface area contributed by atoms with Gasteiger partial charge in [-0.25, -0.2) is 0 Å². The molecule has 1 heterocycles. The highest BCUT2D eigenvalue weighted by Gasteiger charge is 2.15. The number of amides is 1. The Labute approximate surface area is 144 Å². The Morgan fingerprint density at radius 2 is 1.83 bits per heavy atom. The van der Waals surface area contributed by atoms with E-state index in [9.17, 15) is 9.59 Å². The molecule has 6 heteroatoms. The highest BCUT2D eigenvalue weighted by Crippen LogP contribution is 2.19. The summed E-state index contributed by atoms with van der Waals surface area (Å²) >= 11 is 1.36. The van der Waals surface area contributed by atoms with Crippen LogP contribution >= 0.6 is 11.8 Å². The van der Waals surface area contributed by atoms with Crippen LogP contribution in [0.3, 0.4) is 0 Å². The van der Waals surface area contributed by atoms with Crippen LogP contribution in [0.15, 0.2) is 59.6 Å². The zero-order valence-corrected chi connectivity index (χ0v) is 13.8. The van der Waals surface area contributed by atoms with Crippen LogP contribution in [0.1, 0.15) is 15.9 Å². The molecule has 3 rings (SSSR count). The third kappa shape index (κ3) is 4.02. The first-order valence-electron chi connectivity index (χ1n) is 7.64. The number of carbonyl (C=O) groups is 2. The normalized spacial score (nSPS) is 13.1. The van der Waals surface area contributed by atoms with E-state index in [0.29, 0.717) is 16.8 Å². The minimum atomic E-state index is -0.162. The number of hydrogen-bond acceptors (Lipinski definition) is 5. The van der Waals surface area contributed by atoms with E-state index in [0.717, 1.165) is 18.3 Å². The molecule has 5 nitrogen and oxygen atoms in total. The lowest BCUT2D eigenvalue weighted by Gasteiger charge is -2.10. The van der Waals surface area contributed by atoms with Gasteiger partial charge >= 0.3 is 0 Å². The average molecular weight is 339 g/mol. The van der Waals surface area contributed by atoms with Crippen molar-refractivity contribution < 1.29 is 9.59 Å². The third-order valence-electron chi connectivity index (χ3n) is 3.47. The number of amidine groups is 1. The second-order valence-corrected chi connectivity index (χ2v) is 6.16. The standard InChI is InChI=1S/C18H17N3O2S/c22-16(12-24-18-19-10-11-20-18)21-15-9-5-4-8-14(15)17(23)13-6-2-1-3-7-13/h1-9H,10-12H2,(H,19,20)(H,21,22). The summed E-state index contributed by atoms with van der Waals surface area (Å²) in [6, 6.07) is 16.1. The Hall–Kier alpha value is -2.60. The van der Waals surface area contributed by atoms with E-state index >= 15 is 0 Å². The quantitative estimate of drug-likeness (QED) is 0.822. The number of hydrogen-bond donors (Lipinski definition) is 2. The Balaban J connectivity index is 1.69. The van der Waals surface area contributed by atoms with Crippen molar-refractivity contribution in [1.29, 1.82) is 0 Å². The van der Waals surface area contributed by atoms with Crippen LogP contribution in [0.2, 0.25) is 0 Å². The number of nitrogens with zero attached hydrogens (tertiary/aromatic N) is 1. The molecule has 2 aromatic carbocycles. The largest absolute Gasteiger partial charge is 0.363 e. The first kappa shape index (κ1) is 16.3. The van der Waals surface area contributed by atoms with Crippen LogP contribution in [0.5, 0.6) is 0 Å². The Morgan fingerprint density at radius 1 is 1.08 bits per heavy atom. The van der Waals surface area contributed by atoms with Crippen LogP contribution in [0.25, 0.3) is 0 Å². The molecule has 1 aliphatic heterocycles. The summed E-state index contributed by atoms with van der Waals surface area (Å²) in [6.45, 7) is 1.57. The van der Waals surface area contributed by atoms with Crippen molar-refractivity contribution in [3.05, 3.63) is 65.7 Å². The van der Waals surface area contributed by atoms with Crippen molar-refractivity contribution in [2.45, 2.75) is 0 Å².